The molecule has 0 aromatic heterocycles. The minimum Gasteiger partial charge on any atom is -0.494 e. The van der Waals surface area contributed by atoms with E-state index >= 15 is 0 Å². The van der Waals surface area contributed by atoms with Gasteiger partial charge < -0.3 is 9.84 Å². The SMILES string of the molecule is CCOc1ccc2cccc(N(C(=O)O)C(C)(C)C)c2c1. The highest BCUT2D eigenvalue weighted by molar-refractivity contribution is 6.02. The van der Waals surface area contributed by atoms with Crippen LogP contribution in [0, 0.1) is 0 Å². The van der Waals surface area contributed by atoms with E-state index in [4.69, 9.17) is 4.74 Å². The highest BCUT2D eigenvalue weighted by atomic mass is 16.5. The Kier molecular flexibility index (Phi) is 4.07. The van der Waals surface area contributed by atoms with Gasteiger partial charge in [-0.05, 0) is 51.3 Å². The Balaban J connectivity index is 2.66. The summed E-state index contributed by atoms with van der Waals surface area (Å²) in [6, 6.07) is 11.4. The van der Waals surface area contributed by atoms with Crippen molar-refractivity contribution in [1.82, 2.24) is 0 Å². The fraction of sp³-hybridized carbons (Fsp3) is 0.353. The lowest BCUT2D eigenvalue weighted by Gasteiger charge is -2.34. The van der Waals surface area contributed by atoms with Crippen molar-refractivity contribution >= 4 is 22.6 Å². The average molecular weight is 287 g/mol. The zero-order valence-electron chi connectivity index (χ0n) is 12.9. The molecule has 21 heavy (non-hydrogen) atoms. The predicted octanol–water partition coefficient (Wildman–Crippen LogP) is 4.52. The quantitative estimate of drug-likeness (QED) is 0.902. The summed E-state index contributed by atoms with van der Waals surface area (Å²) in [5.41, 5.74) is 0.149. The summed E-state index contributed by atoms with van der Waals surface area (Å²) in [5, 5.41) is 11.5. The molecule has 0 unspecified atom stereocenters. The average Bonchev–Trinajstić information content (AvgIpc) is 2.37. The Bertz CT molecular complexity index is 659. The van der Waals surface area contributed by atoms with Crippen molar-refractivity contribution in [3.8, 4) is 5.75 Å². The number of nitrogens with zero attached hydrogens (tertiary/aromatic N) is 1. The van der Waals surface area contributed by atoms with Gasteiger partial charge in [-0.3, -0.25) is 4.90 Å². The lowest BCUT2D eigenvalue weighted by atomic mass is 10.0. The van der Waals surface area contributed by atoms with Crippen molar-refractivity contribution in [2.24, 2.45) is 0 Å². The van der Waals surface area contributed by atoms with E-state index in [2.05, 4.69) is 0 Å². The molecule has 2 aromatic carbocycles. The lowest BCUT2D eigenvalue weighted by Crippen LogP contribution is -2.45. The molecule has 1 amide bonds. The van der Waals surface area contributed by atoms with Crippen LogP contribution in [-0.4, -0.2) is 23.3 Å². The van der Waals surface area contributed by atoms with Gasteiger partial charge in [0, 0.05) is 10.9 Å². The summed E-state index contributed by atoms with van der Waals surface area (Å²) in [6.45, 7) is 8.15. The minimum atomic E-state index is -0.961. The van der Waals surface area contributed by atoms with Crippen molar-refractivity contribution in [3.63, 3.8) is 0 Å². The van der Waals surface area contributed by atoms with Gasteiger partial charge in [-0.15, -0.1) is 0 Å². The zero-order valence-corrected chi connectivity index (χ0v) is 12.9. The molecule has 0 aliphatic rings. The number of hydrogen-bond donors (Lipinski definition) is 1. The number of carbonyl (C=O) groups is 1. The van der Waals surface area contributed by atoms with E-state index in [0.717, 1.165) is 16.5 Å². The van der Waals surface area contributed by atoms with Gasteiger partial charge in [0.2, 0.25) is 0 Å². The van der Waals surface area contributed by atoms with E-state index in [1.807, 2.05) is 64.1 Å². The number of carboxylic acid groups (broad SMARTS) is 1. The van der Waals surface area contributed by atoms with Crippen molar-refractivity contribution in [1.29, 1.82) is 0 Å². The van der Waals surface area contributed by atoms with E-state index in [1.54, 1.807) is 0 Å². The highest BCUT2D eigenvalue weighted by Gasteiger charge is 2.29. The van der Waals surface area contributed by atoms with E-state index in [1.165, 1.54) is 4.90 Å². The van der Waals surface area contributed by atoms with Gasteiger partial charge in [-0.2, -0.15) is 0 Å². The predicted molar refractivity (Wildman–Crippen MR) is 85.4 cm³/mol. The van der Waals surface area contributed by atoms with Crippen molar-refractivity contribution in [2.45, 2.75) is 33.2 Å². The minimum absolute atomic E-state index is 0.526. The summed E-state index contributed by atoms with van der Waals surface area (Å²) in [6.07, 6.45) is -0.961. The molecule has 0 radical (unpaired) electrons. The van der Waals surface area contributed by atoms with E-state index in [0.29, 0.717) is 12.3 Å². The van der Waals surface area contributed by atoms with E-state index in [-0.39, 0.29) is 0 Å². The Labute approximate surface area is 124 Å². The van der Waals surface area contributed by atoms with Crippen LogP contribution in [0.1, 0.15) is 27.7 Å². The topological polar surface area (TPSA) is 49.8 Å². The maximum atomic E-state index is 11.7. The number of fused-ring (bicyclic) bond motifs is 1. The standard InChI is InChI=1S/C17H21NO3/c1-5-21-13-10-9-12-7-6-8-15(14(12)11-13)18(16(19)20)17(2,3)4/h6-11H,5H2,1-4H3,(H,19,20). The second-order valence-corrected chi connectivity index (χ2v) is 5.88. The smallest absolute Gasteiger partial charge is 0.412 e. The largest absolute Gasteiger partial charge is 0.494 e. The molecule has 112 valence electrons. The zero-order chi connectivity index (χ0) is 15.6. The molecule has 0 atom stereocenters. The molecule has 0 saturated heterocycles. The Morgan fingerprint density at radius 1 is 1.24 bits per heavy atom. The molecule has 2 aromatic rings. The van der Waals surface area contributed by atoms with Crippen LogP contribution in [0.25, 0.3) is 10.8 Å². The van der Waals surface area contributed by atoms with Crippen LogP contribution >= 0.6 is 0 Å². The molecule has 0 fully saturated rings. The number of anilines is 1. The first-order valence-corrected chi connectivity index (χ1v) is 7.03. The van der Waals surface area contributed by atoms with Crippen molar-refractivity contribution in [2.75, 3.05) is 11.5 Å². The number of benzene rings is 2. The number of rotatable bonds is 3. The molecule has 0 spiro atoms. The van der Waals surface area contributed by atoms with Gasteiger partial charge in [0.05, 0.1) is 12.3 Å². The number of hydrogen-bond acceptors (Lipinski definition) is 2. The van der Waals surface area contributed by atoms with Crippen LogP contribution in [0.15, 0.2) is 36.4 Å². The summed E-state index contributed by atoms with van der Waals surface area (Å²) in [7, 11) is 0. The first-order valence-electron chi connectivity index (χ1n) is 7.03. The molecule has 0 heterocycles. The molecule has 0 bridgehead atoms. The Morgan fingerprint density at radius 2 is 1.95 bits per heavy atom. The van der Waals surface area contributed by atoms with Crippen LogP contribution in [0.2, 0.25) is 0 Å². The second-order valence-electron chi connectivity index (χ2n) is 5.88. The van der Waals surface area contributed by atoms with Crippen molar-refractivity contribution < 1.29 is 14.6 Å². The van der Waals surface area contributed by atoms with E-state index < -0.39 is 11.6 Å². The van der Waals surface area contributed by atoms with Crippen molar-refractivity contribution in [3.05, 3.63) is 36.4 Å². The summed E-state index contributed by atoms with van der Waals surface area (Å²) in [4.78, 5) is 13.1. The van der Waals surface area contributed by atoms with Crippen LogP contribution in [0.5, 0.6) is 5.75 Å². The third-order valence-corrected chi connectivity index (χ3v) is 3.24. The monoisotopic (exact) mass is 287 g/mol. The van der Waals surface area contributed by atoms with Gasteiger partial charge in [0.1, 0.15) is 5.75 Å². The normalized spacial score (nSPS) is 11.4. The Hall–Kier alpha value is -2.23. The third-order valence-electron chi connectivity index (χ3n) is 3.24. The molecule has 0 aliphatic heterocycles. The first-order chi connectivity index (χ1) is 9.84. The van der Waals surface area contributed by atoms with Crippen LogP contribution < -0.4 is 9.64 Å². The van der Waals surface area contributed by atoms with Crippen LogP contribution in [-0.2, 0) is 0 Å². The third kappa shape index (κ3) is 3.10. The van der Waals surface area contributed by atoms with Gasteiger partial charge in [0.25, 0.3) is 0 Å². The molecule has 0 saturated carbocycles. The van der Waals surface area contributed by atoms with Crippen LogP contribution in [0.4, 0.5) is 10.5 Å². The molecular formula is C17H21NO3. The fourth-order valence-corrected chi connectivity index (χ4v) is 2.44. The summed E-state index contributed by atoms with van der Waals surface area (Å²) in [5.74, 6) is 0.747. The van der Waals surface area contributed by atoms with Gasteiger partial charge >= 0.3 is 6.09 Å². The molecule has 4 heteroatoms. The van der Waals surface area contributed by atoms with E-state index in [9.17, 15) is 9.90 Å². The maximum absolute atomic E-state index is 11.7. The molecule has 1 N–H and O–H groups in total. The van der Waals surface area contributed by atoms with Gasteiger partial charge in [-0.1, -0.05) is 18.2 Å². The fourth-order valence-electron chi connectivity index (χ4n) is 2.44. The maximum Gasteiger partial charge on any atom is 0.412 e. The number of ether oxygens (including phenoxy) is 1. The number of amides is 1. The lowest BCUT2D eigenvalue weighted by molar-refractivity contribution is 0.196. The molecule has 2 rings (SSSR count). The molecular weight excluding hydrogens is 266 g/mol. The molecule has 4 nitrogen and oxygen atoms in total. The first kappa shape index (κ1) is 15.2. The van der Waals surface area contributed by atoms with Crippen LogP contribution in [0.3, 0.4) is 0 Å². The van der Waals surface area contributed by atoms with Gasteiger partial charge in [0.15, 0.2) is 0 Å². The summed E-state index contributed by atoms with van der Waals surface area (Å²) >= 11 is 0. The second kappa shape index (κ2) is 5.64. The molecule has 0 aliphatic carbocycles. The Morgan fingerprint density at radius 3 is 2.52 bits per heavy atom. The summed E-state index contributed by atoms with van der Waals surface area (Å²) < 4.78 is 5.53. The van der Waals surface area contributed by atoms with Gasteiger partial charge in [-0.25, -0.2) is 4.79 Å². The highest BCUT2D eigenvalue weighted by Crippen LogP contribution is 2.33.